The van der Waals surface area contributed by atoms with E-state index in [1.54, 1.807) is 0 Å². The summed E-state index contributed by atoms with van der Waals surface area (Å²) in [5.74, 6) is -0.746. The van der Waals surface area contributed by atoms with Crippen molar-refractivity contribution in [1.29, 1.82) is 0 Å². The quantitative estimate of drug-likeness (QED) is 0.883. The van der Waals surface area contributed by atoms with E-state index in [1.807, 2.05) is 0 Å². The molecule has 0 saturated carbocycles. The fourth-order valence-electron chi connectivity index (χ4n) is 2.44. The molecular formula is C14H18FNO5S. The topological polar surface area (TPSA) is 83.9 Å². The van der Waals surface area contributed by atoms with E-state index in [0.29, 0.717) is 5.75 Å². The van der Waals surface area contributed by atoms with E-state index in [4.69, 9.17) is 9.84 Å². The molecule has 1 saturated heterocycles. The molecule has 0 amide bonds. The maximum atomic E-state index is 13.2. The number of ether oxygens (including phenoxy) is 1. The summed E-state index contributed by atoms with van der Waals surface area (Å²) >= 11 is 0. The van der Waals surface area contributed by atoms with Crippen molar-refractivity contribution >= 4 is 16.0 Å². The SMILES string of the molecule is COc1ccc(S(=O)(=O)N2CCC(F)CC2)c(CC(=O)O)c1. The number of alkyl halides is 1. The Balaban J connectivity index is 2.39. The van der Waals surface area contributed by atoms with Crippen LogP contribution in [-0.2, 0) is 21.2 Å². The van der Waals surface area contributed by atoms with E-state index < -0.39 is 28.6 Å². The van der Waals surface area contributed by atoms with Gasteiger partial charge in [0, 0.05) is 13.1 Å². The minimum Gasteiger partial charge on any atom is -0.497 e. The lowest BCUT2D eigenvalue weighted by Crippen LogP contribution is -2.39. The molecule has 1 aromatic rings. The summed E-state index contributed by atoms with van der Waals surface area (Å²) in [4.78, 5) is 10.9. The highest BCUT2D eigenvalue weighted by atomic mass is 32.2. The molecule has 0 aliphatic carbocycles. The van der Waals surface area contributed by atoms with Crippen LogP contribution in [0.4, 0.5) is 4.39 Å². The highest BCUT2D eigenvalue weighted by Crippen LogP contribution is 2.27. The molecular weight excluding hydrogens is 313 g/mol. The van der Waals surface area contributed by atoms with E-state index in [2.05, 4.69) is 0 Å². The molecule has 1 fully saturated rings. The number of hydrogen-bond donors (Lipinski definition) is 1. The first-order chi connectivity index (χ1) is 10.3. The second-order valence-electron chi connectivity index (χ2n) is 5.12. The second-order valence-corrected chi connectivity index (χ2v) is 7.03. The van der Waals surface area contributed by atoms with Crippen molar-refractivity contribution in [2.45, 2.75) is 30.3 Å². The third-order valence-electron chi connectivity index (χ3n) is 3.61. The predicted octanol–water partition coefficient (Wildman–Crippen LogP) is 1.44. The van der Waals surface area contributed by atoms with Crippen molar-refractivity contribution in [2.75, 3.05) is 20.2 Å². The van der Waals surface area contributed by atoms with Gasteiger partial charge in [-0.2, -0.15) is 4.31 Å². The largest absolute Gasteiger partial charge is 0.497 e. The van der Waals surface area contributed by atoms with Crippen molar-refractivity contribution < 1.29 is 27.4 Å². The summed E-state index contributed by atoms with van der Waals surface area (Å²) in [6, 6.07) is 4.22. The molecule has 1 N–H and O–H groups in total. The molecule has 1 heterocycles. The van der Waals surface area contributed by atoms with Gasteiger partial charge in [-0.05, 0) is 36.6 Å². The van der Waals surface area contributed by atoms with Crippen molar-refractivity contribution in [3.8, 4) is 5.75 Å². The third kappa shape index (κ3) is 3.56. The minimum absolute atomic E-state index is 0.0620. The molecule has 22 heavy (non-hydrogen) atoms. The zero-order chi connectivity index (χ0) is 16.3. The highest BCUT2D eigenvalue weighted by molar-refractivity contribution is 7.89. The Bertz CT molecular complexity index is 653. The van der Waals surface area contributed by atoms with E-state index in [0.717, 1.165) is 0 Å². The van der Waals surface area contributed by atoms with Gasteiger partial charge in [-0.15, -0.1) is 0 Å². The maximum Gasteiger partial charge on any atom is 0.307 e. The molecule has 122 valence electrons. The van der Waals surface area contributed by atoms with Gasteiger partial charge in [0.15, 0.2) is 0 Å². The molecule has 2 rings (SSSR count). The molecule has 0 radical (unpaired) electrons. The summed E-state index contributed by atoms with van der Waals surface area (Å²) in [7, 11) is -2.42. The number of rotatable bonds is 5. The van der Waals surface area contributed by atoms with E-state index in [9.17, 15) is 17.6 Å². The fraction of sp³-hybridized carbons (Fsp3) is 0.500. The number of carboxylic acid groups (broad SMARTS) is 1. The molecule has 1 aliphatic heterocycles. The van der Waals surface area contributed by atoms with Crippen LogP contribution in [0, 0.1) is 0 Å². The number of carboxylic acids is 1. The molecule has 0 spiro atoms. The van der Waals surface area contributed by atoms with Crippen LogP contribution in [0.3, 0.4) is 0 Å². The number of aliphatic carboxylic acids is 1. The molecule has 0 atom stereocenters. The standard InChI is InChI=1S/C14H18FNO5S/c1-21-12-2-3-13(10(8-12)9-14(17)18)22(19,20)16-6-4-11(15)5-7-16/h2-3,8,11H,4-7,9H2,1H3,(H,17,18). The third-order valence-corrected chi connectivity index (χ3v) is 5.61. The van der Waals surface area contributed by atoms with Crippen molar-refractivity contribution in [1.82, 2.24) is 4.31 Å². The lowest BCUT2D eigenvalue weighted by molar-refractivity contribution is -0.136. The predicted molar refractivity (Wildman–Crippen MR) is 77.2 cm³/mol. The Morgan fingerprint density at radius 1 is 1.41 bits per heavy atom. The molecule has 0 unspecified atom stereocenters. The van der Waals surface area contributed by atoms with Crippen LogP contribution < -0.4 is 4.74 Å². The Hall–Kier alpha value is -1.67. The first-order valence-electron chi connectivity index (χ1n) is 6.87. The number of benzene rings is 1. The number of carbonyl (C=O) groups is 1. The number of halogens is 1. The van der Waals surface area contributed by atoms with Gasteiger partial charge < -0.3 is 9.84 Å². The van der Waals surface area contributed by atoms with Crippen molar-refractivity contribution in [2.24, 2.45) is 0 Å². The van der Waals surface area contributed by atoms with Gasteiger partial charge >= 0.3 is 5.97 Å². The van der Waals surface area contributed by atoms with Gasteiger partial charge in [-0.25, -0.2) is 12.8 Å². The Kier molecular flexibility index (Phi) is 5.02. The number of nitrogens with zero attached hydrogens (tertiary/aromatic N) is 1. The van der Waals surface area contributed by atoms with E-state index in [-0.39, 0.29) is 36.4 Å². The fourth-order valence-corrected chi connectivity index (χ4v) is 4.11. The number of methoxy groups -OCH3 is 1. The summed E-state index contributed by atoms with van der Waals surface area (Å²) in [5, 5.41) is 8.97. The summed E-state index contributed by atoms with van der Waals surface area (Å²) in [6.07, 6.45) is -1.10. The van der Waals surface area contributed by atoms with Crippen LogP contribution in [0.2, 0.25) is 0 Å². The first kappa shape index (κ1) is 16.7. The molecule has 1 aromatic carbocycles. The monoisotopic (exact) mass is 331 g/mol. The molecule has 1 aliphatic rings. The van der Waals surface area contributed by atoms with Crippen molar-refractivity contribution in [3.63, 3.8) is 0 Å². The van der Waals surface area contributed by atoms with Crippen LogP contribution in [0.5, 0.6) is 5.75 Å². The molecule has 8 heteroatoms. The smallest absolute Gasteiger partial charge is 0.307 e. The van der Waals surface area contributed by atoms with Crippen LogP contribution in [-0.4, -0.2) is 50.2 Å². The van der Waals surface area contributed by atoms with Gasteiger partial charge in [0.1, 0.15) is 11.9 Å². The van der Waals surface area contributed by atoms with Gasteiger partial charge in [0.25, 0.3) is 0 Å². The number of sulfonamides is 1. The van der Waals surface area contributed by atoms with Crippen LogP contribution >= 0.6 is 0 Å². The number of hydrogen-bond acceptors (Lipinski definition) is 4. The molecule has 0 bridgehead atoms. The summed E-state index contributed by atoms with van der Waals surface area (Å²) in [6.45, 7) is 0.198. The minimum atomic E-state index is -3.84. The van der Waals surface area contributed by atoms with Crippen LogP contribution in [0.1, 0.15) is 18.4 Å². The summed E-state index contributed by atoms with van der Waals surface area (Å²) < 4.78 is 44.7. The van der Waals surface area contributed by atoms with Gasteiger partial charge in [-0.1, -0.05) is 0 Å². The summed E-state index contributed by atoms with van der Waals surface area (Å²) in [5.41, 5.74) is 0.161. The van der Waals surface area contributed by atoms with Gasteiger partial charge in [0.2, 0.25) is 10.0 Å². The van der Waals surface area contributed by atoms with E-state index in [1.165, 1.54) is 29.6 Å². The zero-order valence-electron chi connectivity index (χ0n) is 12.2. The van der Waals surface area contributed by atoms with E-state index >= 15 is 0 Å². The second kappa shape index (κ2) is 6.62. The highest BCUT2D eigenvalue weighted by Gasteiger charge is 2.31. The molecule has 0 aromatic heterocycles. The number of piperidine rings is 1. The average molecular weight is 331 g/mol. The first-order valence-corrected chi connectivity index (χ1v) is 8.31. The normalized spacial score (nSPS) is 17.4. The van der Waals surface area contributed by atoms with Crippen LogP contribution in [0.15, 0.2) is 23.1 Å². The maximum absolute atomic E-state index is 13.2. The lowest BCUT2D eigenvalue weighted by Gasteiger charge is -2.28. The Morgan fingerprint density at radius 3 is 2.59 bits per heavy atom. The zero-order valence-corrected chi connectivity index (χ0v) is 13.0. The Labute approximate surface area is 128 Å². The molecule has 6 nitrogen and oxygen atoms in total. The van der Waals surface area contributed by atoms with Gasteiger partial charge in [-0.3, -0.25) is 4.79 Å². The van der Waals surface area contributed by atoms with Crippen molar-refractivity contribution in [3.05, 3.63) is 23.8 Å². The van der Waals surface area contributed by atoms with Gasteiger partial charge in [0.05, 0.1) is 18.4 Å². The Morgan fingerprint density at radius 2 is 2.05 bits per heavy atom. The van der Waals surface area contributed by atoms with Crippen LogP contribution in [0.25, 0.3) is 0 Å². The lowest BCUT2D eigenvalue weighted by atomic mass is 10.1. The average Bonchev–Trinajstić information content (AvgIpc) is 2.46.